The van der Waals surface area contributed by atoms with Crippen molar-refractivity contribution < 1.29 is 14.3 Å². The van der Waals surface area contributed by atoms with Crippen LogP contribution in [0.3, 0.4) is 0 Å². The average molecular weight is 325 g/mol. The minimum absolute atomic E-state index is 0.238. The van der Waals surface area contributed by atoms with Gasteiger partial charge in [-0.2, -0.15) is 0 Å². The monoisotopic (exact) mass is 325 g/mol. The second-order valence-electron chi connectivity index (χ2n) is 7.43. The van der Waals surface area contributed by atoms with Crippen molar-refractivity contribution in [2.75, 3.05) is 13.7 Å². The summed E-state index contributed by atoms with van der Waals surface area (Å²) in [5.74, 6) is 4.10. The van der Waals surface area contributed by atoms with Gasteiger partial charge in [-0.15, -0.1) is 0 Å². The predicted octanol–water partition coefficient (Wildman–Crippen LogP) is 3.60. The number of ether oxygens (including phenoxy) is 1. The van der Waals surface area contributed by atoms with Gasteiger partial charge in [-0.3, -0.25) is 4.90 Å². The van der Waals surface area contributed by atoms with Crippen LogP contribution in [0, 0.1) is 5.92 Å². The molecule has 0 amide bonds. The molecular weight excluding hydrogens is 302 g/mol. The molecule has 126 valence electrons. The summed E-state index contributed by atoms with van der Waals surface area (Å²) in [5, 5.41) is 10.1. The molecular formula is C20H23NO3. The van der Waals surface area contributed by atoms with Gasteiger partial charge in [0.05, 0.1) is 7.11 Å². The molecule has 0 bridgehead atoms. The Hall–Kier alpha value is -1.94. The number of hydrogen-bond acceptors (Lipinski definition) is 4. The van der Waals surface area contributed by atoms with Crippen LogP contribution < -0.4 is 4.74 Å². The molecule has 2 aromatic rings. The number of fused-ring (bicyclic) bond motifs is 4. The number of hydrogen-bond donors (Lipinski definition) is 1. The highest BCUT2D eigenvalue weighted by molar-refractivity contribution is 5.52. The number of benzene rings is 1. The van der Waals surface area contributed by atoms with Crippen molar-refractivity contribution in [2.45, 2.75) is 44.7 Å². The summed E-state index contributed by atoms with van der Waals surface area (Å²) in [5.41, 5.74) is 3.80. The third-order valence-corrected chi connectivity index (χ3v) is 5.82. The Labute approximate surface area is 142 Å². The van der Waals surface area contributed by atoms with Gasteiger partial charge in [-0.25, -0.2) is 0 Å². The molecule has 0 spiro atoms. The van der Waals surface area contributed by atoms with Gasteiger partial charge < -0.3 is 14.3 Å². The molecule has 1 aromatic carbocycles. The first-order valence-electron chi connectivity index (χ1n) is 8.96. The zero-order valence-electron chi connectivity index (χ0n) is 14.0. The van der Waals surface area contributed by atoms with Crippen molar-refractivity contribution in [1.82, 2.24) is 4.90 Å². The molecule has 1 N–H and O–H groups in total. The molecule has 3 heterocycles. The summed E-state index contributed by atoms with van der Waals surface area (Å²) < 4.78 is 11.6. The summed E-state index contributed by atoms with van der Waals surface area (Å²) in [6.45, 7) is 1.84. The zero-order valence-corrected chi connectivity index (χ0v) is 14.0. The Morgan fingerprint density at radius 3 is 3.00 bits per heavy atom. The Balaban J connectivity index is 1.50. The molecule has 24 heavy (non-hydrogen) atoms. The van der Waals surface area contributed by atoms with E-state index in [1.165, 1.54) is 35.5 Å². The maximum atomic E-state index is 10.1. The van der Waals surface area contributed by atoms with Gasteiger partial charge >= 0.3 is 0 Å². The lowest BCUT2D eigenvalue weighted by atomic mass is 9.86. The quantitative estimate of drug-likeness (QED) is 0.936. The number of phenolic OH excluding ortho intramolecular Hbond substituents is 1. The van der Waals surface area contributed by atoms with Crippen molar-refractivity contribution in [2.24, 2.45) is 5.92 Å². The van der Waals surface area contributed by atoms with Crippen LogP contribution in [0.5, 0.6) is 11.5 Å². The molecule has 0 saturated heterocycles. The van der Waals surface area contributed by atoms with Crippen LogP contribution in [0.1, 0.15) is 47.1 Å². The number of methoxy groups -OCH3 is 1. The topological polar surface area (TPSA) is 45.8 Å². The Kier molecular flexibility index (Phi) is 3.17. The highest BCUT2D eigenvalue weighted by Gasteiger charge is 2.36. The third-order valence-electron chi connectivity index (χ3n) is 5.82. The van der Waals surface area contributed by atoms with Crippen LogP contribution in [0.2, 0.25) is 0 Å². The van der Waals surface area contributed by atoms with Gasteiger partial charge in [0.1, 0.15) is 11.5 Å². The van der Waals surface area contributed by atoms with Crippen molar-refractivity contribution in [3.05, 3.63) is 46.4 Å². The number of furan rings is 1. The second kappa shape index (κ2) is 5.28. The van der Waals surface area contributed by atoms with E-state index in [0.29, 0.717) is 11.8 Å². The lowest BCUT2D eigenvalue weighted by molar-refractivity contribution is 0.150. The first kappa shape index (κ1) is 14.4. The fourth-order valence-electron chi connectivity index (χ4n) is 4.37. The van der Waals surface area contributed by atoms with E-state index in [-0.39, 0.29) is 5.75 Å². The van der Waals surface area contributed by atoms with Gasteiger partial charge in [-0.05, 0) is 42.9 Å². The van der Waals surface area contributed by atoms with Gasteiger partial charge in [0, 0.05) is 43.1 Å². The minimum atomic E-state index is 0.238. The van der Waals surface area contributed by atoms with Crippen LogP contribution in [0.4, 0.5) is 0 Å². The molecule has 5 rings (SSSR count). The molecule has 3 aliphatic rings. The number of rotatable bonds is 3. The zero-order chi connectivity index (χ0) is 16.3. The summed E-state index contributed by atoms with van der Waals surface area (Å²) in [6.07, 6.45) is 5.77. The normalized spacial score (nSPS) is 22.6. The molecule has 1 saturated carbocycles. The van der Waals surface area contributed by atoms with Crippen LogP contribution in [0.25, 0.3) is 0 Å². The number of aromatic hydroxyl groups is 1. The Morgan fingerprint density at radius 2 is 2.21 bits per heavy atom. The predicted molar refractivity (Wildman–Crippen MR) is 90.4 cm³/mol. The maximum Gasteiger partial charge on any atom is 0.165 e. The fraction of sp³-hybridized carbons (Fsp3) is 0.500. The fourth-order valence-corrected chi connectivity index (χ4v) is 4.37. The molecule has 0 unspecified atom stereocenters. The average Bonchev–Trinajstić information content (AvgIpc) is 3.29. The summed E-state index contributed by atoms with van der Waals surface area (Å²) >= 11 is 0. The minimum Gasteiger partial charge on any atom is -0.504 e. The maximum absolute atomic E-state index is 10.1. The van der Waals surface area contributed by atoms with Crippen LogP contribution >= 0.6 is 0 Å². The van der Waals surface area contributed by atoms with Crippen LogP contribution in [-0.2, 0) is 25.8 Å². The SMILES string of the molecule is COc1c(O)ccc2c1CN1CCc3oc(CC4CC4)cc3[C@@H]1C2. The molecule has 1 aromatic heterocycles. The van der Waals surface area contributed by atoms with E-state index in [0.717, 1.165) is 43.8 Å². The van der Waals surface area contributed by atoms with E-state index < -0.39 is 0 Å². The van der Waals surface area contributed by atoms with E-state index >= 15 is 0 Å². The van der Waals surface area contributed by atoms with E-state index in [1.807, 2.05) is 6.07 Å². The lowest BCUT2D eigenvalue weighted by Crippen LogP contribution is -2.39. The van der Waals surface area contributed by atoms with Crippen LogP contribution in [-0.4, -0.2) is 23.7 Å². The Morgan fingerprint density at radius 1 is 1.33 bits per heavy atom. The number of phenols is 1. The van der Waals surface area contributed by atoms with E-state index in [2.05, 4.69) is 11.0 Å². The van der Waals surface area contributed by atoms with E-state index in [4.69, 9.17) is 9.15 Å². The highest BCUT2D eigenvalue weighted by Crippen LogP contribution is 2.44. The standard InChI is InChI=1S/C20H23NO3/c1-23-20-16-11-21-7-6-19-15(10-14(24-19)8-12-2-3-12)17(21)9-13(16)4-5-18(20)22/h4-5,10,12,17,22H,2-3,6-9,11H2,1H3/t17-/m0/s1. The van der Waals surface area contributed by atoms with Crippen molar-refractivity contribution >= 4 is 0 Å². The molecule has 1 fully saturated rings. The van der Waals surface area contributed by atoms with Crippen LogP contribution in [0.15, 0.2) is 22.6 Å². The molecule has 4 heteroatoms. The van der Waals surface area contributed by atoms with Crippen molar-refractivity contribution in [3.63, 3.8) is 0 Å². The van der Waals surface area contributed by atoms with Crippen molar-refractivity contribution in [1.29, 1.82) is 0 Å². The summed E-state index contributed by atoms with van der Waals surface area (Å²) in [4.78, 5) is 2.50. The lowest BCUT2D eigenvalue weighted by Gasteiger charge is -2.40. The number of nitrogens with zero attached hydrogens (tertiary/aromatic N) is 1. The van der Waals surface area contributed by atoms with Gasteiger partial charge in [-0.1, -0.05) is 6.07 Å². The summed E-state index contributed by atoms with van der Waals surface area (Å²) in [6, 6.07) is 6.51. The van der Waals surface area contributed by atoms with Gasteiger partial charge in [0.15, 0.2) is 11.5 Å². The van der Waals surface area contributed by atoms with Crippen molar-refractivity contribution in [3.8, 4) is 11.5 Å². The first-order chi connectivity index (χ1) is 11.7. The van der Waals surface area contributed by atoms with Gasteiger partial charge in [0.25, 0.3) is 0 Å². The highest BCUT2D eigenvalue weighted by atomic mass is 16.5. The second-order valence-corrected chi connectivity index (χ2v) is 7.43. The van der Waals surface area contributed by atoms with E-state index in [9.17, 15) is 5.11 Å². The molecule has 1 aliphatic carbocycles. The molecule has 0 radical (unpaired) electrons. The Bertz CT molecular complexity index is 790. The first-order valence-corrected chi connectivity index (χ1v) is 8.96. The molecule has 4 nitrogen and oxygen atoms in total. The molecule has 1 atom stereocenters. The van der Waals surface area contributed by atoms with Gasteiger partial charge in [0.2, 0.25) is 0 Å². The smallest absolute Gasteiger partial charge is 0.165 e. The largest absolute Gasteiger partial charge is 0.504 e. The summed E-state index contributed by atoms with van der Waals surface area (Å²) in [7, 11) is 1.63. The van der Waals surface area contributed by atoms with E-state index in [1.54, 1.807) is 13.2 Å². The molecule has 2 aliphatic heterocycles. The third kappa shape index (κ3) is 2.24.